The molecule has 0 aliphatic carbocycles. The Morgan fingerprint density at radius 3 is 2.57 bits per heavy atom. The number of carbonyl (C=O) groups excluding carboxylic acids is 1. The average Bonchev–Trinajstić information content (AvgIpc) is 3.05. The fraction of sp³-hybridized carbons (Fsp3) is 0.500. The van der Waals surface area contributed by atoms with Gasteiger partial charge in [0.1, 0.15) is 0 Å². The Kier molecular flexibility index (Phi) is 5.79. The van der Waals surface area contributed by atoms with E-state index in [-0.39, 0.29) is 35.6 Å². The van der Waals surface area contributed by atoms with E-state index in [1.54, 1.807) is 31.4 Å². The molecule has 3 rings (SSSR count). The number of carboxylic acid groups (broad SMARTS) is 1. The fourth-order valence-corrected chi connectivity index (χ4v) is 3.69. The van der Waals surface area contributed by atoms with Crippen LogP contribution >= 0.6 is 0 Å². The molecule has 1 N–H and O–H groups in total. The summed E-state index contributed by atoms with van der Waals surface area (Å²) in [7, 11) is 1.55. The number of benzene rings is 1. The van der Waals surface area contributed by atoms with Crippen LogP contribution in [0.4, 0.5) is 0 Å². The molecule has 1 amide bonds. The van der Waals surface area contributed by atoms with Gasteiger partial charge in [-0.15, -0.1) is 0 Å². The van der Waals surface area contributed by atoms with Crippen molar-refractivity contribution < 1.29 is 19.4 Å². The normalized spacial score (nSPS) is 19.5. The smallest absolute Gasteiger partial charge is 0.305 e. The van der Waals surface area contributed by atoms with Gasteiger partial charge in [0.15, 0.2) is 5.69 Å². The lowest BCUT2D eigenvalue weighted by molar-refractivity contribution is -0.138. The Labute approximate surface area is 162 Å². The number of carbonyl (C=O) groups is 2. The van der Waals surface area contributed by atoms with Crippen molar-refractivity contribution in [2.24, 2.45) is 5.92 Å². The van der Waals surface area contributed by atoms with Crippen LogP contribution in [0.2, 0.25) is 0 Å². The number of carboxylic acids is 1. The highest BCUT2D eigenvalue weighted by atomic mass is 16.5. The van der Waals surface area contributed by atoms with Gasteiger partial charge < -0.3 is 14.7 Å². The average molecular weight is 387 g/mol. The first-order chi connectivity index (χ1) is 13.3. The number of hydrogen-bond acceptors (Lipinski definition) is 5. The minimum absolute atomic E-state index is 0.158. The van der Waals surface area contributed by atoms with E-state index in [1.165, 1.54) is 9.58 Å². The first-order valence-corrected chi connectivity index (χ1v) is 9.37. The summed E-state index contributed by atoms with van der Waals surface area (Å²) in [5, 5.41) is 14.5. The molecule has 0 radical (unpaired) electrons. The Balaban J connectivity index is 2.08. The summed E-state index contributed by atoms with van der Waals surface area (Å²) in [5.41, 5.74) is -0.0675. The molecule has 150 valence electrons. The van der Waals surface area contributed by atoms with Gasteiger partial charge in [-0.3, -0.25) is 14.4 Å². The molecule has 1 aromatic carbocycles. The molecule has 2 heterocycles. The fourth-order valence-electron chi connectivity index (χ4n) is 3.69. The number of hydrogen-bond donors (Lipinski definition) is 1. The van der Waals surface area contributed by atoms with Crippen LogP contribution < -0.4 is 5.56 Å². The van der Waals surface area contributed by atoms with Crippen LogP contribution in [0.5, 0.6) is 0 Å². The van der Waals surface area contributed by atoms with Crippen molar-refractivity contribution in [2.45, 2.75) is 45.4 Å². The Morgan fingerprint density at radius 1 is 1.29 bits per heavy atom. The number of aromatic nitrogens is 2. The zero-order valence-electron chi connectivity index (χ0n) is 16.3. The van der Waals surface area contributed by atoms with E-state index in [0.29, 0.717) is 30.3 Å². The molecule has 28 heavy (non-hydrogen) atoms. The number of methoxy groups -OCH3 is 1. The molecule has 1 aromatic heterocycles. The summed E-state index contributed by atoms with van der Waals surface area (Å²) >= 11 is 0. The molecule has 0 bridgehead atoms. The minimum atomic E-state index is -0.970. The summed E-state index contributed by atoms with van der Waals surface area (Å²) in [6.45, 7) is 4.63. The third kappa shape index (κ3) is 3.91. The van der Waals surface area contributed by atoms with Gasteiger partial charge in [0.25, 0.3) is 11.5 Å². The van der Waals surface area contributed by atoms with Crippen molar-refractivity contribution in [3.63, 3.8) is 0 Å². The van der Waals surface area contributed by atoms with E-state index in [4.69, 9.17) is 4.74 Å². The van der Waals surface area contributed by atoms with E-state index in [9.17, 15) is 19.5 Å². The maximum absolute atomic E-state index is 13.4. The van der Waals surface area contributed by atoms with Gasteiger partial charge in [0.05, 0.1) is 17.9 Å². The number of aliphatic carboxylic acids is 1. The van der Waals surface area contributed by atoms with Crippen molar-refractivity contribution in [2.75, 3.05) is 13.7 Å². The predicted octanol–water partition coefficient (Wildman–Crippen LogP) is 1.76. The topological polar surface area (TPSA) is 102 Å². The molecule has 2 unspecified atom stereocenters. The van der Waals surface area contributed by atoms with Crippen molar-refractivity contribution in [1.29, 1.82) is 0 Å². The highest BCUT2D eigenvalue weighted by Gasteiger charge is 2.38. The summed E-state index contributed by atoms with van der Waals surface area (Å²) < 4.78 is 6.69. The number of likely N-dealkylation sites (tertiary alicyclic amines) is 1. The number of amides is 1. The van der Waals surface area contributed by atoms with Gasteiger partial charge in [-0.1, -0.05) is 32.0 Å². The van der Waals surface area contributed by atoms with Crippen LogP contribution in [0.1, 0.15) is 37.2 Å². The van der Waals surface area contributed by atoms with E-state index < -0.39 is 12.0 Å². The molecule has 0 saturated carbocycles. The third-order valence-electron chi connectivity index (χ3n) is 4.99. The van der Waals surface area contributed by atoms with Crippen molar-refractivity contribution in [3.8, 4) is 0 Å². The van der Waals surface area contributed by atoms with E-state index in [2.05, 4.69) is 5.10 Å². The monoisotopic (exact) mass is 387 g/mol. The second kappa shape index (κ2) is 8.10. The lowest BCUT2D eigenvalue weighted by Gasteiger charge is -2.23. The predicted molar refractivity (Wildman–Crippen MR) is 103 cm³/mol. The van der Waals surface area contributed by atoms with Crippen LogP contribution in [0.25, 0.3) is 10.8 Å². The molecule has 1 aliphatic rings. The molecule has 0 spiro atoms. The quantitative estimate of drug-likeness (QED) is 0.810. The molecular formula is C20H25N3O5. The maximum atomic E-state index is 13.4. The molecule has 1 aliphatic heterocycles. The van der Waals surface area contributed by atoms with E-state index in [0.717, 1.165) is 0 Å². The van der Waals surface area contributed by atoms with Gasteiger partial charge in [-0.05, 0) is 18.4 Å². The first-order valence-electron chi connectivity index (χ1n) is 9.37. The zero-order valence-corrected chi connectivity index (χ0v) is 16.3. The van der Waals surface area contributed by atoms with E-state index in [1.807, 2.05) is 13.8 Å². The van der Waals surface area contributed by atoms with Gasteiger partial charge in [0, 0.05) is 31.6 Å². The van der Waals surface area contributed by atoms with Crippen LogP contribution in [0.15, 0.2) is 29.1 Å². The van der Waals surface area contributed by atoms with Crippen LogP contribution in [-0.2, 0) is 16.1 Å². The second-order valence-corrected chi connectivity index (χ2v) is 7.58. The first kappa shape index (κ1) is 20.0. The number of rotatable bonds is 6. The highest BCUT2D eigenvalue weighted by molar-refractivity contribution is 6.05. The van der Waals surface area contributed by atoms with Gasteiger partial charge >= 0.3 is 5.97 Å². The standard InChI is InChI=1S/C20H25N3O5/c1-12(2)10-23-19(26)16-7-5-4-6-15(16)18(21-23)20(27)22-11-14(28-3)8-13(22)9-17(24)25/h4-7,12-14H,8-11H2,1-3H3,(H,24,25). The second-order valence-electron chi connectivity index (χ2n) is 7.58. The van der Waals surface area contributed by atoms with Gasteiger partial charge in [0.2, 0.25) is 0 Å². The van der Waals surface area contributed by atoms with E-state index >= 15 is 0 Å². The highest BCUT2D eigenvalue weighted by Crippen LogP contribution is 2.26. The molecule has 1 fully saturated rings. The van der Waals surface area contributed by atoms with Crippen LogP contribution in [-0.4, -0.2) is 57.5 Å². The molecule has 1 saturated heterocycles. The van der Waals surface area contributed by atoms with Crippen molar-refractivity contribution in [1.82, 2.24) is 14.7 Å². The molecule has 2 atom stereocenters. The lowest BCUT2D eigenvalue weighted by Crippen LogP contribution is -2.39. The van der Waals surface area contributed by atoms with Crippen LogP contribution in [0, 0.1) is 5.92 Å². The summed E-state index contributed by atoms with van der Waals surface area (Å²) in [6.07, 6.45) is 0.0777. The Morgan fingerprint density at radius 2 is 1.96 bits per heavy atom. The summed E-state index contributed by atoms with van der Waals surface area (Å²) in [5.74, 6) is -1.17. The maximum Gasteiger partial charge on any atom is 0.305 e. The summed E-state index contributed by atoms with van der Waals surface area (Å²) in [4.78, 5) is 38.9. The zero-order chi connectivity index (χ0) is 20.4. The van der Waals surface area contributed by atoms with Gasteiger partial charge in [-0.25, -0.2) is 4.68 Å². The van der Waals surface area contributed by atoms with Crippen molar-refractivity contribution >= 4 is 22.6 Å². The summed E-state index contributed by atoms with van der Waals surface area (Å²) in [6, 6.07) is 6.42. The molecule has 2 aromatic rings. The SMILES string of the molecule is COC1CC(CC(=O)O)N(C(=O)c2nn(CC(C)C)c(=O)c3ccccc23)C1. The lowest BCUT2D eigenvalue weighted by atomic mass is 10.1. The molecule has 8 nitrogen and oxygen atoms in total. The van der Waals surface area contributed by atoms with Gasteiger partial charge in [-0.2, -0.15) is 5.10 Å². The third-order valence-corrected chi connectivity index (χ3v) is 4.99. The Hall–Kier alpha value is -2.74. The van der Waals surface area contributed by atoms with Crippen LogP contribution in [0.3, 0.4) is 0 Å². The number of nitrogens with zero attached hydrogens (tertiary/aromatic N) is 3. The number of fused-ring (bicyclic) bond motifs is 1. The van der Waals surface area contributed by atoms with Crippen molar-refractivity contribution in [3.05, 3.63) is 40.3 Å². The molecular weight excluding hydrogens is 362 g/mol. The molecule has 8 heteroatoms. The number of ether oxygens (including phenoxy) is 1. The Bertz CT molecular complexity index is 952. The largest absolute Gasteiger partial charge is 0.481 e. The minimum Gasteiger partial charge on any atom is -0.481 e.